The number of rotatable bonds is 2. The summed E-state index contributed by atoms with van der Waals surface area (Å²) in [7, 11) is -4.10. The summed E-state index contributed by atoms with van der Waals surface area (Å²) in [5, 5.41) is 7.42. The molecule has 0 spiro atoms. The van der Waals surface area contributed by atoms with Gasteiger partial charge in [0.15, 0.2) is 0 Å². The molecule has 0 saturated heterocycles. The molecule has 1 aromatic heterocycles. The van der Waals surface area contributed by atoms with Gasteiger partial charge in [-0.15, -0.1) is 0 Å². The van der Waals surface area contributed by atoms with Gasteiger partial charge in [0, 0.05) is 6.20 Å². The highest BCUT2D eigenvalue weighted by atomic mass is 32.2. The molecule has 0 amide bonds. The Kier molecular flexibility index (Phi) is 2.84. The van der Waals surface area contributed by atoms with E-state index in [1.165, 1.54) is 25.3 Å². The van der Waals surface area contributed by atoms with Gasteiger partial charge in [0.05, 0.1) is 0 Å². The van der Waals surface area contributed by atoms with Gasteiger partial charge in [0.1, 0.15) is 17.0 Å². The molecule has 1 aromatic rings. The molecule has 1 heterocycles. The van der Waals surface area contributed by atoms with Crippen molar-refractivity contribution in [3.8, 4) is 6.07 Å². The van der Waals surface area contributed by atoms with Crippen LogP contribution in [0, 0.1) is 11.3 Å². The molecule has 0 aliphatic rings. The Morgan fingerprint density at radius 2 is 2.21 bits per heavy atom. The average Bonchev–Trinajstić information content (AvgIpc) is 2.15. The first-order chi connectivity index (χ1) is 6.45. The number of hydrogen-bond donors (Lipinski definition) is 1. The summed E-state index contributed by atoms with van der Waals surface area (Å²) in [4.78, 5) is 3.70. The molecule has 0 radical (unpaired) electrons. The number of nitrogens with zero attached hydrogens (tertiary/aromatic N) is 2. The summed E-state index contributed by atoms with van der Waals surface area (Å²) < 4.78 is 30.2. The largest absolute Gasteiger partial charge is 0.285 e. The molecule has 6 heteroatoms. The maximum Gasteiger partial charge on any atom is 0.271 e. The van der Waals surface area contributed by atoms with Crippen LogP contribution in [0.15, 0.2) is 18.3 Å². The lowest BCUT2D eigenvalue weighted by Gasteiger charge is -2.06. The molecule has 1 unspecified atom stereocenters. The Hall–Kier alpha value is -1.45. The normalized spacial score (nSPS) is 13.2. The summed E-state index contributed by atoms with van der Waals surface area (Å²) >= 11 is 0. The van der Waals surface area contributed by atoms with Crippen LogP contribution in [0.2, 0.25) is 0 Å². The van der Waals surface area contributed by atoms with Gasteiger partial charge in [0.25, 0.3) is 10.1 Å². The molecule has 14 heavy (non-hydrogen) atoms. The number of nitriles is 1. The van der Waals surface area contributed by atoms with Crippen molar-refractivity contribution < 1.29 is 13.0 Å². The highest BCUT2D eigenvalue weighted by Gasteiger charge is 2.19. The summed E-state index contributed by atoms with van der Waals surface area (Å²) in [6.07, 6.45) is 1.26. The van der Waals surface area contributed by atoms with E-state index in [0.29, 0.717) is 5.56 Å². The van der Waals surface area contributed by atoms with Crippen LogP contribution in [-0.4, -0.2) is 18.0 Å². The smallest absolute Gasteiger partial charge is 0.271 e. The van der Waals surface area contributed by atoms with E-state index in [1.54, 1.807) is 0 Å². The predicted molar refractivity (Wildman–Crippen MR) is 48.9 cm³/mol. The monoisotopic (exact) mass is 212 g/mol. The zero-order valence-corrected chi connectivity index (χ0v) is 8.19. The topological polar surface area (TPSA) is 91.0 Å². The fourth-order valence-electron chi connectivity index (χ4n) is 0.884. The SMILES string of the molecule is CC(c1ccc(C#N)nc1)S(=O)(=O)O. The average molecular weight is 212 g/mol. The lowest BCUT2D eigenvalue weighted by atomic mass is 10.2. The quantitative estimate of drug-likeness (QED) is 0.735. The minimum absolute atomic E-state index is 0.205. The van der Waals surface area contributed by atoms with Crippen LogP contribution < -0.4 is 0 Å². The van der Waals surface area contributed by atoms with Gasteiger partial charge >= 0.3 is 0 Å². The summed E-state index contributed by atoms with van der Waals surface area (Å²) in [6, 6.07) is 4.66. The van der Waals surface area contributed by atoms with Gasteiger partial charge in [-0.2, -0.15) is 13.7 Å². The molecular formula is C8H8N2O3S. The van der Waals surface area contributed by atoms with E-state index in [0.717, 1.165) is 0 Å². The van der Waals surface area contributed by atoms with Crippen LogP contribution in [-0.2, 0) is 10.1 Å². The molecule has 0 bridgehead atoms. The molecule has 0 saturated carbocycles. The Bertz CT molecular complexity index is 458. The van der Waals surface area contributed by atoms with E-state index >= 15 is 0 Å². The summed E-state index contributed by atoms with van der Waals surface area (Å²) in [6.45, 7) is 1.35. The van der Waals surface area contributed by atoms with Crippen molar-refractivity contribution in [2.75, 3.05) is 0 Å². The van der Waals surface area contributed by atoms with Gasteiger partial charge in [-0.1, -0.05) is 6.07 Å². The highest BCUT2D eigenvalue weighted by molar-refractivity contribution is 7.86. The van der Waals surface area contributed by atoms with Crippen molar-refractivity contribution in [3.63, 3.8) is 0 Å². The zero-order chi connectivity index (χ0) is 10.8. The second-order valence-electron chi connectivity index (χ2n) is 2.75. The third kappa shape index (κ3) is 2.28. The van der Waals surface area contributed by atoms with Gasteiger partial charge in [-0.05, 0) is 18.6 Å². The number of aromatic nitrogens is 1. The molecule has 1 N–H and O–H groups in total. The van der Waals surface area contributed by atoms with E-state index in [-0.39, 0.29) is 5.69 Å². The third-order valence-electron chi connectivity index (χ3n) is 1.82. The molecular weight excluding hydrogens is 204 g/mol. The van der Waals surface area contributed by atoms with E-state index < -0.39 is 15.4 Å². The van der Waals surface area contributed by atoms with Crippen LogP contribution in [0.1, 0.15) is 23.4 Å². The van der Waals surface area contributed by atoms with E-state index in [4.69, 9.17) is 9.81 Å². The fraction of sp³-hybridized carbons (Fsp3) is 0.250. The van der Waals surface area contributed by atoms with Crippen molar-refractivity contribution in [1.82, 2.24) is 4.98 Å². The van der Waals surface area contributed by atoms with E-state index in [2.05, 4.69) is 4.98 Å². The summed E-state index contributed by atoms with van der Waals surface area (Å²) in [5.41, 5.74) is 0.558. The molecule has 1 atom stereocenters. The standard InChI is InChI=1S/C8H8N2O3S/c1-6(14(11,12)13)7-2-3-8(4-9)10-5-7/h2-3,5-6H,1H3,(H,11,12,13). The third-order valence-corrected chi connectivity index (χ3v) is 2.98. The molecule has 0 fully saturated rings. The van der Waals surface area contributed by atoms with Crippen molar-refractivity contribution in [2.24, 2.45) is 0 Å². The Morgan fingerprint density at radius 3 is 2.57 bits per heavy atom. The lowest BCUT2D eigenvalue weighted by Crippen LogP contribution is -2.08. The first-order valence-corrected chi connectivity index (χ1v) is 5.28. The Balaban J connectivity index is 3.06. The van der Waals surface area contributed by atoms with Crippen molar-refractivity contribution >= 4 is 10.1 Å². The van der Waals surface area contributed by atoms with E-state index in [1.807, 2.05) is 6.07 Å². The molecule has 5 nitrogen and oxygen atoms in total. The van der Waals surface area contributed by atoms with Crippen LogP contribution in [0.5, 0.6) is 0 Å². The minimum atomic E-state index is -4.10. The fourth-order valence-corrected chi connectivity index (χ4v) is 1.37. The molecule has 1 rings (SSSR count). The molecule has 0 aliphatic heterocycles. The van der Waals surface area contributed by atoms with Gasteiger partial charge in [0.2, 0.25) is 0 Å². The van der Waals surface area contributed by atoms with Gasteiger partial charge in [-0.3, -0.25) is 4.55 Å². The van der Waals surface area contributed by atoms with Crippen LogP contribution in [0.4, 0.5) is 0 Å². The molecule has 0 aliphatic carbocycles. The maximum atomic E-state index is 10.7. The number of pyridine rings is 1. The molecule has 74 valence electrons. The maximum absolute atomic E-state index is 10.7. The van der Waals surface area contributed by atoms with Gasteiger partial charge < -0.3 is 0 Å². The van der Waals surface area contributed by atoms with E-state index in [9.17, 15) is 8.42 Å². The van der Waals surface area contributed by atoms with Crippen LogP contribution in [0.25, 0.3) is 0 Å². The second kappa shape index (κ2) is 3.74. The second-order valence-corrected chi connectivity index (χ2v) is 4.48. The lowest BCUT2D eigenvalue weighted by molar-refractivity contribution is 0.472. The van der Waals surface area contributed by atoms with Gasteiger partial charge in [-0.25, -0.2) is 4.98 Å². The first kappa shape index (κ1) is 10.6. The van der Waals surface area contributed by atoms with Crippen LogP contribution in [0.3, 0.4) is 0 Å². The van der Waals surface area contributed by atoms with Crippen LogP contribution >= 0.6 is 0 Å². The predicted octanol–water partition coefficient (Wildman–Crippen LogP) is 0.902. The van der Waals surface area contributed by atoms with Crippen molar-refractivity contribution in [3.05, 3.63) is 29.6 Å². The Morgan fingerprint density at radius 1 is 1.57 bits per heavy atom. The zero-order valence-electron chi connectivity index (χ0n) is 7.38. The highest BCUT2D eigenvalue weighted by Crippen LogP contribution is 2.19. The Labute approximate surface area is 81.8 Å². The first-order valence-electron chi connectivity index (χ1n) is 3.77. The molecule has 0 aromatic carbocycles. The van der Waals surface area contributed by atoms with Crippen molar-refractivity contribution in [1.29, 1.82) is 5.26 Å². The van der Waals surface area contributed by atoms with Crippen molar-refractivity contribution in [2.45, 2.75) is 12.2 Å². The summed E-state index contributed by atoms with van der Waals surface area (Å²) in [5.74, 6) is 0. The number of hydrogen-bond acceptors (Lipinski definition) is 4. The minimum Gasteiger partial charge on any atom is -0.285 e.